The lowest BCUT2D eigenvalue weighted by Gasteiger charge is -2.22. The Labute approximate surface area is 96.9 Å². The summed E-state index contributed by atoms with van der Waals surface area (Å²) in [6.07, 6.45) is 6.70. The topological polar surface area (TPSA) is 55.8 Å². The highest BCUT2D eigenvalue weighted by molar-refractivity contribution is 5.66. The maximum atomic E-state index is 10.2. The number of ether oxygens (including phenoxy) is 2. The largest absolute Gasteiger partial charge is 0.481 e. The molecule has 1 fully saturated rings. The van der Waals surface area contributed by atoms with Crippen molar-refractivity contribution in [3.8, 4) is 0 Å². The maximum Gasteiger partial charge on any atom is 0.303 e. The van der Waals surface area contributed by atoms with Crippen molar-refractivity contribution in [2.45, 2.75) is 51.0 Å². The summed E-state index contributed by atoms with van der Waals surface area (Å²) >= 11 is 0. The highest BCUT2D eigenvalue weighted by Gasteiger charge is 2.13. The minimum Gasteiger partial charge on any atom is -0.481 e. The van der Waals surface area contributed by atoms with E-state index in [-0.39, 0.29) is 12.5 Å². The molecule has 1 heterocycles. The molecule has 1 aliphatic rings. The average Bonchev–Trinajstić information content (AvgIpc) is 2.29. The van der Waals surface area contributed by atoms with Gasteiger partial charge in [0, 0.05) is 19.6 Å². The molecule has 0 radical (unpaired) electrons. The highest BCUT2D eigenvalue weighted by Crippen LogP contribution is 2.12. The monoisotopic (exact) mass is 230 g/mol. The standard InChI is InChI=1S/C12H22O4/c13-12(14)7-2-1-4-8-15-10-11-6-3-5-9-16-11/h11H,1-10H2,(H,13,14). The van der Waals surface area contributed by atoms with Crippen molar-refractivity contribution in [3.05, 3.63) is 0 Å². The van der Waals surface area contributed by atoms with E-state index >= 15 is 0 Å². The van der Waals surface area contributed by atoms with E-state index in [0.29, 0.717) is 6.61 Å². The molecule has 16 heavy (non-hydrogen) atoms. The lowest BCUT2D eigenvalue weighted by Crippen LogP contribution is -2.24. The maximum absolute atomic E-state index is 10.2. The highest BCUT2D eigenvalue weighted by atomic mass is 16.5. The fourth-order valence-electron chi connectivity index (χ4n) is 1.81. The Morgan fingerprint density at radius 3 is 2.88 bits per heavy atom. The van der Waals surface area contributed by atoms with Crippen molar-refractivity contribution >= 4 is 5.97 Å². The van der Waals surface area contributed by atoms with Gasteiger partial charge in [-0.1, -0.05) is 6.42 Å². The van der Waals surface area contributed by atoms with Gasteiger partial charge in [0.2, 0.25) is 0 Å². The van der Waals surface area contributed by atoms with Gasteiger partial charge in [0.1, 0.15) is 0 Å². The van der Waals surface area contributed by atoms with E-state index in [1.54, 1.807) is 0 Å². The van der Waals surface area contributed by atoms with Crippen molar-refractivity contribution in [1.82, 2.24) is 0 Å². The van der Waals surface area contributed by atoms with Crippen LogP contribution in [0.25, 0.3) is 0 Å². The number of carboxylic acid groups (broad SMARTS) is 1. The van der Waals surface area contributed by atoms with E-state index < -0.39 is 5.97 Å². The molecule has 0 spiro atoms. The van der Waals surface area contributed by atoms with E-state index in [9.17, 15) is 4.79 Å². The van der Waals surface area contributed by atoms with Crippen LogP contribution in [0.15, 0.2) is 0 Å². The molecule has 0 aromatic rings. The quantitative estimate of drug-likeness (QED) is 0.649. The van der Waals surface area contributed by atoms with Crippen molar-refractivity contribution < 1.29 is 19.4 Å². The Morgan fingerprint density at radius 2 is 2.19 bits per heavy atom. The first kappa shape index (κ1) is 13.5. The van der Waals surface area contributed by atoms with Crippen LogP contribution >= 0.6 is 0 Å². The third kappa shape index (κ3) is 6.80. The van der Waals surface area contributed by atoms with Crippen molar-refractivity contribution in [2.75, 3.05) is 19.8 Å². The fourth-order valence-corrected chi connectivity index (χ4v) is 1.81. The van der Waals surface area contributed by atoms with Crippen LogP contribution in [0.3, 0.4) is 0 Å². The molecule has 0 aromatic heterocycles. The summed E-state index contributed by atoms with van der Waals surface area (Å²) < 4.78 is 11.0. The summed E-state index contributed by atoms with van der Waals surface area (Å²) in [5, 5.41) is 8.44. The van der Waals surface area contributed by atoms with Gasteiger partial charge < -0.3 is 14.6 Å². The molecule has 1 rings (SSSR count). The number of hydrogen-bond acceptors (Lipinski definition) is 3. The molecule has 4 nitrogen and oxygen atoms in total. The third-order valence-electron chi connectivity index (χ3n) is 2.76. The summed E-state index contributed by atoms with van der Waals surface area (Å²) in [5.41, 5.74) is 0. The zero-order chi connectivity index (χ0) is 11.6. The Kier molecular flexibility index (Phi) is 7.17. The average molecular weight is 230 g/mol. The SMILES string of the molecule is O=C(O)CCCCCOCC1CCCCO1. The van der Waals surface area contributed by atoms with E-state index in [1.807, 2.05) is 0 Å². The van der Waals surface area contributed by atoms with Gasteiger partial charge in [-0.05, 0) is 32.1 Å². The van der Waals surface area contributed by atoms with Gasteiger partial charge in [0.05, 0.1) is 12.7 Å². The zero-order valence-electron chi connectivity index (χ0n) is 9.82. The molecule has 94 valence electrons. The van der Waals surface area contributed by atoms with Crippen LogP contribution in [0.5, 0.6) is 0 Å². The van der Waals surface area contributed by atoms with Crippen molar-refractivity contribution in [2.24, 2.45) is 0 Å². The Morgan fingerprint density at radius 1 is 1.31 bits per heavy atom. The van der Waals surface area contributed by atoms with Crippen LogP contribution in [0.1, 0.15) is 44.9 Å². The normalized spacial score (nSPS) is 20.9. The number of unbranched alkanes of at least 4 members (excludes halogenated alkanes) is 2. The van der Waals surface area contributed by atoms with E-state index in [0.717, 1.165) is 38.9 Å². The Hall–Kier alpha value is -0.610. The first-order valence-corrected chi connectivity index (χ1v) is 6.20. The van der Waals surface area contributed by atoms with Crippen LogP contribution in [-0.2, 0) is 14.3 Å². The van der Waals surface area contributed by atoms with Crippen molar-refractivity contribution in [3.63, 3.8) is 0 Å². The van der Waals surface area contributed by atoms with Gasteiger partial charge in [0.25, 0.3) is 0 Å². The minimum atomic E-state index is -0.712. The molecule has 0 saturated carbocycles. The second kappa shape index (κ2) is 8.53. The second-order valence-corrected chi connectivity index (χ2v) is 4.27. The number of carbonyl (C=O) groups is 1. The first-order chi connectivity index (χ1) is 7.79. The first-order valence-electron chi connectivity index (χ1n) is 6.20. The van der Waals surface area contributed by atoms with Gasteiger partial charge >= 0.3 is 5.97 Å². The van der Waals surface area contributed by atoms with E-state index in [2.05, 4.69) is 0 Å². The molecule has 0 amide bonds. The summed E-state index contributed by atoms with van der Waals surface area (Å²) in [6.45, 7) is 2.28. The summed E-state index contributed by atoms with van der Waals surface area (Å²) in [5.74, 6) is -0.712. The Bertz CT molecular complexity index is 187. The smallest absolute Gasteiger partial charge is 0.303 e. The molecule has 0 bridgehead atoms. The van der Waals surface area contributed by atoms with Crippen LogP contribution in [0.4, 0.5) is 0 Å². The number of hydrogen-bond donors (Lipinski definition) is 1. The van der Waals surface area contributed by atoms with Gasteiger partial charge in [-0.3, -0.25) is 4.79 Å². The molecule has 1 unspecified atom stereocenters. The fraction of sp³-hybridized carbons (Fsp3) is 0.917. The molecule has 0 aliphatic carbocycles. The molecule has 1 aliphatic heterocycles. The lowest BCUT2D eigenvalue weighted by atomic mass is 10.1. The molecule has 1 saturated heterocycles. The summed E-state index contributed by atoms with van der Waals surface area (Å²) in [6, 6.07) is 0. The number of aliphatic carboxylic acids is 1. The van der Waals surface area contributed by atoms with E-state index in [1.165, 1.54) is 12.8 Å². The number of carboxylic acids is 1. The molecular weight excluding hydrogens is 208 g/mol. The van der Waals surface area contributed by atoms with Crippen LogP contribution in [0.2, 0.25) is 0 Å². The van der Waals surface area contributed by atoms with Gasteiger partial charge in [-0.25, -0.2) is 0 Å². The van der Waals surface area contributed by atoms with Crippen LogP contribution in [0, 0.1) is 0 Å². The number of rotatable bonds is 8. The molecule has 1 N–H and O–H groups in total. The molecule has 4 heteroatoms. The second-order valence-electron chi connectivity index (χ2n) is 4.27. The molecule has 0 aromatic carbocycles. The van der Waals surface area contributed by atoms with Crippen molar-refractivity contribution in [1.29, 1.82) is 0 Å². The van der Waals surface area contributed by atoms with E-state index in [4.69, 9.17) is 14.6 Å². The lowest BCUT2D eigenvalue weighted by molar-refractivity contribution is -0.137. The minimum absolute atomic E-state index is 0.270. The molecular formula is C12H22O4. The summed E-state index contributed by atoms with van der Waals surface area (Å²) in [7, 11) is 0. The van der Waals surface area contributed by atoms with Gasteiger partial charge in [0.15, 0.2) is 0 Å². The Balaban J connectivity index is 1.82. The zero-order valence-corrected chi connectivity index (χ0v) is 9.82. The van der Waals surface area contributed by atoms with Gasteiger partial charge in [-0.2, -0.15) is 0 Å². The summed E-state index contributed by atoms with van der Waals surface area (Å²) in [4.78, 5) is 10.2. The van der Waals surface area contributed by atoms with Crippen LogP contribution < -0.4 is 0 Å². The van der Waals surface area contributed by atoms with Crippen LogP contribution in [-0.4, -0.2) is 37.0 Å². The van der Waals surface area contributed by atoms with Gasteiger partial charge in [-0.15, -0.1) is 0 Å². The third-order valence-corrected chi connectivity index (χ3v) is 2.76. The predicted molar refractivity (Wildman–Crippen MR) is 60.5 cm³/mol. The predicted octanol–water partition coefficient (Wildman–Crippen LogP) is 2.22. The molecule has 1 atom stereocenters.